The lowest BCUT2D eigenvalue weighted by Gasteiger charge is -2.35. The average Bonchev–Trinajstić information content (AvgIpc) is 2.74. The molecule has 0 bridgehead atoms. The second-order valence-corrected chi connectivity index (χ2v) is 4.20. The van der Waals surface area contributed by atoms with Crippen molar-refractivity contribution in [1.29, 1.82) is 0 Å². The summed E-state index contributed by atoms with van der Waals surface area (Å²) in [5, 5.41) is 3.68. The Labute approximate surface area is 74.7 Å². The highest BCUT2D eigenvalue weighted by molar-refractivity contribution is 4.97. The molecule has 0 spiro atoms. The number of nitrogens with one attached hydrogen (secondary N) is 1. The lowest BCUT2D eigenvalue weighted by atomic mass is 9.89. The minimum absolute atomic E-state index is 0.543. The third kappa shape index (κ3) is 1.64. The second kappa shape index (κ2) is 3.35. The maximum Gasteiger partial charge on any atom is 0.0601 e. The van der Waals surface area contributed by atoms with Crippen molar-refractivity contribution in [2.75, 3.05) is 7.11 Å². The number of hydrogen-bond donors (Lipinski definition) is 1. The van der Waals surface area contributed by atoms with Gasteiger partial charge in [-0.3, -0.25) is 0 Å². The largest absolute Gasteiger partial charge is 0.381 e. The van der Waals surface area contributed by atoms with Crippen LogP contribution in [0.3, 0.4) is 0 Å². The van der Waals surface area contributed by atoms with Gasteiger partial charge in [0.1, 0.15) is 0 Å². The summed E-state index contributed by atoms with van der Waals surface area (Å²) in [6, 6.07) is 1.61. The van der Waals surface area contributed by atoms with Crippen LogP contribution in [0.15, 0.2) is 0 Å². The molecule has 2 unspecified atom stereocenters. The maximum atomic E-state index is 5.23. The molecule has 2 saturated carbocycles. The van der Waals surface area contributed by atoms with Crippen LogP contribution in [0.1, 0.15) is 32.6 Å². The molecule has 2 fully saturated rings. The van der Waals surface area contributed by atoms with Crippen LogP contribution in [0.4, 0.5) is 0 Å². The first-order chi connectivity index (χ1) is 5.83. The van der Waals surface area contributed by atoms with E-state index in [-0.39, 0.29) is 0 Å². The van der Waals surface area contributed by atoms with Crippen molar-refractivity contribution in [3.8, 4) is 0 Å². The van der Waals surface area contributed by atoms with Crippen LogP contribution in [0.5, 0.6) is 0 Å². The third-order valence-corrected chi connectivity index (χ3v) is 3.32. The van der Waals surface area contributed by atoms with Gasteiger partial charge in [0.25, 0.3) is 0 Å². The van der Waals surface area contributed by atoms with Crippen LogP contribution in [-0.4, -0.2) is 25.3 Å². The highest BCUT2D eigenvalue weighted by atomic mass is 16.5. The van der Waals surface area contributed by atoms with Crippen LogP contribution >= 0.6 is 0 Å². The molecule has 0 radical (unpaired) electrons. The summed E-state index contributed by atoms with van der Waals surface area (Å²) in [4.78, 5) is 0. The van der Waals surface area contributed by atoms with E-state index < -0.39 is 0 Å². The summed E-state index contributed by atoms with van der Waals surface area (Å²) in [6.07, 6.45) is 5.75. The SMILES string of the molecule is CCC1CC1NC1CC(OC)C1. The molecule has 12 heavy (non-hydrogen) atoms. The molecule has 70 valence electrons. The van der Waals surface area contributed by atoms with E-state index in [9.17, 15) is 0 Å². The lowest BCUT2D eigenvalue weighted by Crippen LogP contribution is -2.46. The van der Waals surface area contributed by atoms with Crippen molar-refractivity contribution in [3.05, 3.63) is 0 Å². The molecule has 0 heterocycles. The molecule has 0 aliphatic heterocycles. The molecule has 1 N–H and O–H groups in total. The Bertz CT molecular complexity index is 154. The molecule has 2 nitrogen and oxygen atoms in total. The molecule has 2 rings (SSSR count). The summed E-state index contributed by atoms with van der Waals surface area (Å²) in [7, 11) is 1.81. The molecule has 2 heteroatoms. The number of ether oxygens (including phenoxy) is 1. The summed E-state index contributed by atoms with van der Waals surface area (Å²) in [5.74, 6) is 0.978. The van der Waals surface area contributed by atoms with Gasteiger partial charge in [0, 0.05) is 19.2 Å². The minimum Gasteiger partial charge on any atom is -0.381 e. The van der Waals surface area contributed by atoms with Crippen LogP contribution in [0.25, 0.3) is 0 Å². The van der Waals surface area contributed by atoms with E-state index in [0.29, 0.717) is 6.10 Å². The molecule has 0 aromatic rings. The molecule has 0 aromatic carbocycles. The van der Waals surface area contributed by atoms with Crippen LogP contribution in [0, 0.1) is 5.92 Å². The quantitative estimate of drug-likeness (QED) is 0.689. The molecule has 2 aliphatic carbocycles. The Balaban J connectivity index is 1.59. The van der Waals surface area contributed by atoms with Crippen LogP contribution in [-0.2, 0) is 4.74 Å². The van der Waals surface area contributed by atoms with E-state index >= 15 is 0 Å². The van der Waals surface area contributed by atoms with Crippen molar-refractivity contribution in [3.63, 3.8) is 0 Å². The molecular formula is C10H19NO. The zero-order valence-electron chi connectivity index (χ0n) is 8.05. The Morgan fingerprint density at radius 2 is 2.08 bits per heavy atom. The van der Waals surface area contributed by atoms with Gasteiger partial charge in [-0.05, 0) is 25.2 Å². The summed E-state index contributed by atoms with van der Waals surface area (Å²) in [6.45, 7) is 2.28. The van der Waals surface area contributed by atoms with Crippen LogP contribution in [0.2, 0.25) is 0 Å². The summed E-state index contributed by atoms with van der Waals surface area (Å²) >= 11 is 0. The van der Waals surface area contributed by atoms with Crippen molar-refractivity contribution in [1.82, 2.24) is 5.32 Å². The van der Waals surface area contributed by atoms with Gasteiger partial charge >= 0.3 is 0 Å². The van der Waals surface area contributed by atoms with Gasteiger partial charge in [0.05, 0.1) is 6.10 Å². The van der Waals surface area contributed by atoms with Crippen LogP contribution < -0.4 is 5.32 Å². The first-order valence-corrected chi connectivity index (χ1v) is 5.12. The Hall–Kier alpha value is -0.0800. The molecule has 2 aliphatic rings. The monoisotopic (exact) mass is 169 g/mol. The standard InChI is InChI=1S/C10H19NO/c1-3-7-4-10(7)11-8-5-9(6-8)12-2/h7-11H,3-6H2,1-2H3. The zero-order valence-corrected chi connectivity index (χ0v) is 8.05. The van der Waals surface area contributed by atoms with E-state index in [1.165, 1.54) is 25.7 Å². The molecule has 0 saturated heterocycles. The van der Waals surface area contributed by atoms with E-state index in [1.807, 2.05) is 7.11 Å². The lowest BCUT2D eigenvalue weighted by molar-refractivity contribution is 0.0166. The maximum absolute atomic E-state index is 5.23. The van der Waals surface area contributed by atoms with Gasteiger partial charge in [0.2, 0.25) is 0 Å². The summed E-state index contributed by atoms with van der Waals surface area (Å²) < 4.78 is 5.23. The topological polar surface area (TPSA) is 21.3 Å². The van der Waals surface area contributed by atoms with E-state index in [4.69, 9.17) is 4.74 Å². The van der Waals surface area contributed by atoms with Gasteiger partial charge in [0.15, 0.2) is 0 Å². The fraction of sp³-hybridized carbons (Fsp3) is 1.00. The van der Waals surface area contributed by atoms with Gasteiger partial charge < -0.3 is 10.1 Å². The van der Waals surface area contributed by atoms with Gasteiger partial charge in [-0.2, -0.15) is 0 Å². The van der Waals surface area contributed by atoms with E-state index in [0.717, 1.165) is 18.0 Å². The minimum atomic E-state index is 0.543. The third-order valence-electron chi connectivity index (χ3n) is 3.32. The molecule has 2 atom stereocenters. The number of methoxy groups -OCH3 is 1. The number of rotatable bonds is 4. The second-order valence-electron chi connectivity index (χ2n) is 4.20. The molecule has 0 amide bonds. The van der Waals surface area contributed by atoms with Crippen molar-refractivity contribution in [2.45, 2.75) is 50.8 Å². The Morgan fingerprint density at radius 3 is 2.58 bits per heavy atom. The molecule has 0 aromatic heterocycles. The fourth-order valence-electron chi connectivity index (χ4n) is 2.10. The smallest absolute Gasteiger partial charge is 0.0601 e. The van der Waals surface area contributed by atoms with Crippen molar-refractivity contribution in [2.24, 2.45) is 5.92 Å². The Kier molecular flexibility index (Phi) is 2.37. The van der Waals surface area contributed by atoms with E-state index in [2.05, 4.69) is 12.2 Å². The van der Waals surface area contributed by atoms with Gasteiger partial charge in [-0.15, -0.1) is 0 Å². The fourth-order valence-corrected chi connectivity index (χ4v) is 2.10. The predicted molar refractivity (Wildman–Crippen MR) is 49.1 cm³/mol. The van der Waals surface area contributed by atoms with Crippen molar-refractivity contribution >= 4 is 0 Å². The molecular weight excluding hydrogens is 150 g/mol. The Morgan fingerprint density at radius 1 is 1.33 bits per heavy atom. The van der Waals surface area contributed by atoms with E-state index in [1.54, 1.807) is 0 Å². The summed E-state index contributed by atoms with van der Waals surface area (Å²) in [5.41, 5.74) is 0. The predicted octanol–water partition coefficient (Wildman–Crippen LogP) is 1.55. The number of hydrogen-bond acceptors (Lipinski definition) is 2. The average molecular weight is 169 g/mol. The van der Waals surface area contributed by atoms with Gasteiger partial charge in [-0.1, -0.05) is 13.3 Å². The first-order valence-electron chi connectivity index (χ1n) is 5.12. The zero-order chi connectivity index (χ0) is 8.55. The normalized spacial score (nSPS) is 45.5. The highest BCUT2D eigenvalue weighted by Gasteiger charge is 2.39. The highest BCUT2D eigenvalue weighted by Crippen LogP contribution is 2.35. The van der Waals surface area contributed by atoms with Crippen molar-refractivity contribution < 1.29 is 4.74 Å². The first kappa shape index (κ1) is 8.52. The van der Waals surface area contributed by atoms with Gasteiger partial charge in [-0.25, -0.2) is 0 Å².